The number of rotatable bonds is 7. The van der Waals surface area contributed by atoms with Crippen LogP contribution >= 0.6 is 0 Å². The first-order valence-electron chi connectivity index (χ1n) is 10.4. The standard InChI is InChI=1S/C24H30N2O3/c1-18-21(12-15-25-13-4-5-14-25)17-26(29-18)22-9-6-19(7-10-22)20-8-11-23(27-2)24(16-20)28-3/h6-11,16-18H,4-5,12-15H2,1-3H3. The summed E-state index contributed by atoms with van der Waals surface area (Å²) in [6.07, 6.45) is 6.03. The summed E-state index contributed by atoms with van der Waals surface area (Å²) in [5, 5.41) is 1.91. The summed E-state index contributed by atoms with van der Waals surface area (Å²) < 4.78 is 10.8. The second-order valence-electron chi connectivity index (χ2n) is 7.69. The maximum absolute atomic E-state index is 6.07. The van der Waals surface area contributed by atoms with Crippen molar-refractivity contribution in [2.75, 3.05) is 38.9 Å². The van der Waals surface area contributed by atoms with Gasteiger partial charge in [0, 0.05) is 12.7 Å². The van der Waals surface area contributed by atoms with E-state index in [9.17, 15) is 0 Å². The Labute approximate surface area is 173 Å². The number of methoxy groups -OCH3 is 2. The van der Waals surface area contributed by atoms with Crippen LogP contribution in [0.15, 0.2) is 54.2 Å². The molecular weight excluding hydrogens is 364 g/mol. The number of likely N-dealkylation sites (tertiary alicyclic amines) is 1. The van der Waals surface area contributed by atoms with E-state index in [0.717, 1.165) is 41.3 Å². The fourth-order valence-corrected chi connectivity index (χ4v) is 4.04. The van der Waals surface area contributed by atoms with E-state index >= 15 is 0 Å². The van der Waals surface area contributed by atoms with Crippen molar-refractivity contribution >= 4 is 5.69 Å². The largest absolute Gasteiger partial charge is 0.493 e. The molecule has 5 heteroatoms. The Bertz CT molecular complexity index is 857. The number of hydrogen-bond donors (Lipinski definition) is 0. The highest BCUT2D eigenvalue weighted by atomic mass is 16.7. The van der Waals surface area contributed by atoms with E-state index in [1.807, 2.05) is 23.3 Å². The van der Waals surface area contributed by atoms with Crippen LogP contribution in [0.25, 0.3) is 11.1 Å². The molecule has 2 heterocycles. The van der Waals surface area contributed by atoms with Crippen LogP contribution in [-0.2, 0) is 4.84 Å². The normalized spacial score (nSPS) is 19.5. The number of anilines is 1. The van der Waals surface area contributed by atoms with E-state index in [4.69, 9.17) is 14.3 Å². The molecule has 1 fully saturated rings. The van der Waals surface area contributed by atoms with Gasteiger partial charge in [0.1, 0.15) is 6.10 Å². The average Bonchev–Trinajstić information content (AvgIpc) is 3.41. The Hall–Kier alpha value is -2.50. The number of benzene rings is 2. The molecule has 29 heavy (non-hydrogen) atoms. The maximum atomic E-state index is 6.07. The van der Waals surface area contributed by atoms with Gasteiger partial charge in [-0.25, -0.2) is 5.06 Å². The molecule has 0 aromatic heterocycles. The second kappa shape index (κ2) is 8.89. The molecule has 0 radical (unpaired) electrons. The third kappa shape index (κ3) is 4.41. The molecule has 2 aromatic rings. The summed E-state index contributed by atoms with van der Waals surface area (Å²) in [7, 11) is 3.31. The van der Waals surface area contributed by atoms with E-state index in [-0.39, 0.29) is 6.10 Å². The van der Waals surface area contributed by atoms with Crippen LogP contribution in [0.5, 0.6) is 11.5 Å². The lowest BCUT2D eigenvalue weighted by atomic mass is 10.0. The second-order valence-corrected chi connectivity index (χ2v) is 7.69. The smallest absolute Gasteiger partial charge is 0.161 e. The molecule has 0 N–H and O–H groups in total. The molecule has 0 bridgehead atoms. The molecule has 1 unspecified atom stereocenters. The van der Waals surface area contributed by atoms with E-state index < -0.39 is 0 Å². The van der Waals surface area contributed by atoms with Crippen molar-refractivity contribution in [2.45, 2.75) is 32.3 Å². The van der Waals surface area contributed by atoms with Gasteiger partial charge in [-0.05, 0) is 80.2 Å². The number of nitrogens with zero attached hydrogens (tertiary/aromatic N) is 2. The number of hydroxylamine groups is 1. The molecule has 0 spiro atoms. The zero-order chi connectivity index (χ0) is 20.2. The minimum absolute atomic E-state index is 0.128. The molecule has 2 aromatic carbocycles. The lowest BCUT2D eigenvalue weighted by molar-refractivity contribution is 0.107. The Morgan fingerprint density at radius 2 is 1.62 bits per heavy atom. The van der Waals surface area contributed by atoms with Crippen molar-refractivity contribution in [3.63, 3.8) is 0 Å². The quantitative estimate of drug-likeness (QED) is 0.669. The van der Waals surface area contributed by atoms with Crippen molar-refractivity contribution < 1.29 is 14.3 Å². The monoisotopic (exact) mass is 394 g/mol. The molecule has 2 aliphatic heterocycles. The summed E-state index contributed by atoms with van der Waals surface area (Å²) in [5.41, 5.74) is 4.62. The highest BCUT2D eigenvalue weighted by Gasteiger charge is 2.23. The van der Waals surface area contributed by atoms with Crippen molar-refractivity contribution in [1.29, 1.82) is 0 Å². The van der Waals surface area contributed by atoms with Crippen LogP contribution in [0.1, 0.15) is 26.2 Å². The molecule has 2 aliphatic rings. The van der Waals surface area contributed by atoms with E-state index in [1.54, 1.807) is 14.2 Å². The molecular formula is C24H30N2O3. The highest BCUT2D eigenvalue weighted by molar-refractivity contribution is 5.69. The van der Waals surface area contributed by atoms with Gasteiger partial charge in [-0.15, -0.1) is 0 Å². The Morgan fingerprint density at radius 3 is 2.31 bits per heavy atom. The predicted molar refractivity (Wildman–Crippen MR) is 116 cm³/mol. The van der Waals surface area contributed by atoms with Crippen LogP contribution < -0.4 is 14.5 Å². The van der Waals surface area contributed by atoms with Gasteiger partial charge in [-0.1, -0.05) is 18.2 Å². The summed E-state index contributed by atoms with van der Waals surface area (Å²) >= 11 is 0. The average molecular weight is 395 g/mol. The van der Waals surface area contributed by atoms with E-state index in [0.29, 0.717) is 0 Å². The predicted octanol–water partition coefficient (Wildman–Crippen LogP) is 4.88. The summed E-state index contributed by atoms with van der Waals surface area (Å²) in [6, 6.07) is 14.4. The number of hydrogen-bond acceptors (Lipinski definition) is 5. The van der Waals surface area contributed by atoms with Gasteiger partial charge in [0.25, 0.3) is 0 Å². The summed E-state index contributed by atoms with van der Waals surface area (Å²) in [5.74, 6) is 1.47. The fraction of sp³-hybridized carbons (Fsp3) is 0.417. The Balaban J connectivity index is 1.45. The van der Waals surface area contributed by atoms with Gasteiger partial charge >= 0.3 is 0 Å². The SMILES string of the molecule is COc1ccc(-c2ccc(N3C=C(CCN4CCCC4)C(C)O3)cc2)cc1OC. The lowest BCUT2D eigenvalue weighted by Gasteiger charge is -2.17. The Kier molecular flexibility index (Phi) is 6.07. The number of ether oxygens (including phenoxy) is 2. The van der Waals surface area contributed by atoms with Crippen molar-refractivity contribution in [1.82, 2.24) is 4.90 Å². The fourth-order valence-electron chi connectivity index (χ4n) is 4.04. The third-order valence-corrected chi connectivity index (χ3v) is 5.83. The Morgan fingerprint density at radius 1 is 0.931 bits per heavy atom. The topological polar surface area (TPSA) is 34.2 Å². The van der Waals surface area contributed by atoms with Crippen molar-refractivity contribution in [2.24, 2.45) is 0 Å². The molecule has 1 saturated heterocycles. The summed E-state index contributed by atoms with van der Waals surface area (Å²) in [6.45, 7) is 5.74. The molecule has 5 nitrogen and oxygen atoms in total. The van der Waals surface area contributed by atoms with Gasteiger partial charge in [0.15, 0.2) is 11.5 Å². The zero-order valence-electron chi connectivity index (χ0n) is 17.6. The molecule has 1 atom stereocenters. The first-order chi connectivity index (χ1) is 14.2. The van der Waals surface area contributed by atoms with Gasteiger partial charge < -0.3 is 14.4 Å². The lowest BCUT2D eigenvalue weighted by Crippen LogP contribution is -2.22. The third-order valence-electron chi connectivity index (χ3n) is 5.83. The van der Waals surface area contributed by atoms with Crippen LogP contribution in [0, 0.1) is 0 Å². The van der Waals surface area contributed by atoms with E-state index in [1.165, 1.54) is 31.5 Å². The molecule has 0 amide bonds. The van der Waals surface area contributed by atoms with Gasteiger partial charge in [-0.3, -0.25) is 4.84 Å². The minimum atomic E-state index is 0.128. The molecule has 0 saturated carbocycles. The first kappa shape index (κ1) is 19.8. The van der Waals surface area contributed by atoms with Crippen LogP contribution in [0.3, 0.4) is 0 Å². The van der Waals surface area contributed by atoms with Crippen LogP contribution in [0.4, 0.5) is 5.69 Å². The highest BCUT2D eigenvalue weighted by Crippen LogP contribution is 2.34. The van der Waals surface area contributed by atoms with Crippen LogP contribution in [0.2, 0.25) is 0 Å². The summed E-state index contributed by atoms with van der Waals surface area (Å²) in [4.78, 5) is 8.62. The van der Waals surface area contributed by atoms with Gasteiger partial charge in [0.05, 0.1) is 19.9 Å². The van der Waals surface area contributed by atoms with Crippen molar-refractivity contribution in [3.05, 3.63) is 54.2 Å². The minimum Gasteiger partial charge on any atom is -0.493 e. The maximum Gasteiger partial charge on any atom is 0.161 e. The van der Waals surface area contributed by atoms with Gasteiger partial charge in [-0.2, -0.15) is 0 Å². The van der Waals surface area contributed by atoms with Gasteiger partial charge in [0.2, 0.25) is 0 Å². The molecule has 154 valence electrons. The first-order valence-corrected chi connectivity index (χ1v) is 10.4. The van der Waals surface area contributed by atoms with E-state index in [2.05, 4.69) is 42.3 Å². The molecule has 0 aliphatic carbocycles. The zero-order valence-corrected chi connectivity index (χ0v) is 17.6. The van der Waals surface area contributed by atoms with Crippen molar-refractivity contribution in [3.8, 4) is 22.6 Å². The molecule has 4 rings (SSSR count). The van der Waals surface area contributed by atoms with Crippen LogP contribution in [-0.4, -0.2) is 44.9 Å².